The van der Waals surface area contributed by atoms with E-state index in [1.807, 2.05) is 17.3 Å². The lowest BCUT2D eigenvalue weighted by atomic mass is 10.0. The second-order valence-electron chi connectivity index (χ2n) is 7.94. The van der Waals surface area contributed by atoms with Gasteiger partial charge in [-0.05, 0) is 37.8 Å². The maximum absolute atomic E-state index is 12.6. The summed E-state index contributed by atoms with van der Waals surface area (Å²) in [5.41, 5.74) is 2.93. The van der Waals surface area contributed by atoms with Crippen LogP contribution in [0.3, 0.4) is 0 Å². The van der Waals surface area contributed by atoms with Crippen molar-refractivity contribution in [3.63, 3.8) is 0 Å². The Morgan fingerprint density at radius 1 is 1.14 bits per heavy atom. The first kappa shape index (κ1) is 18.5. The molecule has 1 N–H and O–H groups in total. The first-order valence-electron chi connectivity index (χ1n) is 10.3. The van der Waals surface area contributed by atoms with Gasteiger partial charge in [-0.3, -0.25) is 9.78 Å². The van der Waals surface area contributed by atoms with Gasteiger partial charge in [0, 0.05) is 44.6 Å². The van der Waals surface area contributed by atoms with Crippen molar-refractivity contribution in [2.75, 3.05) is 48.0 Å². The van der Waals surface area contributed by atoms with Gasteiger partial charge in [0.2, 0.25) is 0 Å². The largest absolute Gasteiger partial charge is 0.365 e. The molecule has 0 aliphatic carbocycles. The van der Waals surface area contributed by atoms with Crippen LogP contribution in [0.5, 0.6) is 0 Å². The van der Waals surface area contributed by atoms with Gasteiger partial charge < -0.3 is 20.0 Å². The smallest absolute Gasteiger partial charge is 0.255 e. The number of fused-ring (bicyclic) bond motifs is 1. The highest BCUT2D eigenvalue weighted by atomic mass is 35.5. The van der Waals surface area contributed by atoms with Gasteiger partial charge in [-0.2, -0.15) is 0 Å². The predicted octanol–water partition coefficient (Wildman–Crippen LogP) is 3.22. The highest BCUT2D eigenvalue weighted by Crippen LogP contribution is 2.35. The van der Waals surface area contributed by atoms with Gasteiger partial charge in [-0.1, -0.05) is 11.6 Å². The number of likely N-dealkylation sites (tertiary alicyclic amines) is 1. The van der Waals surface area contributed by atoms with E-state index in [1.54, 1.807) is 12.3 Å². The second-order valence-corrected chi connectivity index (χ2v) is 8.35. The standard InChI is InChI=1S/C21H25ClN6O/c22-17-11-15(21(29)27-7-1-2-8-27)12-24-20(17)26-9-4-16(5-10-26)28-14-25-18-13-23-6-3-19(18)28/h3,6,11-13,16,25H,1-2,4-5,7-10,14H2. The van der Waals surface area contributed by atoms with Crippen LogP contribution < -0.4 is 15.1 Å². The first-order valence-corrected chi connectivity index (χ1v) is 10.7. The zero-order chi connectivity index (χ0) is 19.8. The quantitative estimate of drug-likeness (QED) is 0.835. The fourth-order valence-electron chi connectivity index (χ4n) is 4.63. The van der Waals surface area contributed by atoms with Crippen LogP contribution in [-0.2, 0) is 0 Å². The molecule has 0 saturated carbocycles. The molecule has 0 bridgehead atoms. The van der Waals surface area contributed by atoms with E-state index in [-0.39, 0.29) is 5.91 Å². The molecule has 2 aromatic rings. The van der Waals surface area contributed by atoms with Crippen molar-refractivity contribution < 1.29 is 4.79 Å². The molecule has 0 radical (unpaired) electrons. The fraction of sp³-hybridized carbons (Fsp3) is 0.476. The monoisotopic (exact) mass is 412 g/mol. The van der Waals surface area contributed by atoms with E-state index in [9.17, 15) is 4.79 Å². The molecule has 3 aliphatic heterocycles. The van der Waals surface area contributed by atoms with E-state index in [0.717, 1.165) is 70.0 Å². The molecule has 0 aromatic carbocycles. The lowest BCUT2D eigenvalue weighted by Gasteiger charge is -2.38. The van der Waals surface area contributed by atoms with Crippen molar-refractivity contribution in [1.29, 1.82) is 0 Å². The van der Waals surface area contributed by atoms with Crippen LogP contribution in [0.1, 0.15) is 36.0 Å². The Morgan fingerprint density at radius 3 is 2.69 bits per heavy atom. The maximum atomic E-state index is 12.6. The summed E-state index contributed by atoms with van der Waals surface area (Å²) in [6.07, 6.45) is 9.65. The van der Waals surface area contributed by atoms with E-state index in [1.165, 1.54) is 5.69 Å². The Labute approximate surface area is 175 Å². The van der Waals surface area contributed by atoms with E-state index in [2.05, 4.69) is 31.2 Å². The third kappa shape index (κ3) is 3.48. The van der Waals surface area contributed by atoms with Crippen LogP contribution in [0.2, 0.25) is 5.02 Å². The number of nitrogens with zero attached hydrogens (tertiary/aromatic N) is 5. The van der Waals surface area contributed by atoms with Crippen molar-refractivity contribution >= 4 is 34.7 Å². The number of carbonyl (C=O) groups excluding carboxylic acids is 1. The molecular formula is C21H25ClN6O. The van der Waals surface area contributed by atoms with Gasteiger partial charge in [0.05, 0.1) is 34.8 Å². The van der Waals surface area contributed by atoms with Crippen LogP contribution >= 0.6 is 11.6 Å². The average molecular weight is 413 g/mol. The number of carbonyl (C=O) groups is 1. The first-order chi connectivity index (χ1) is 14.2. The molecule has 5 heterocycles. The number of hydrogen-bond acceptors (Lipinski definition) is 6. The number of amides is 1. The summed E-state index contributed by atoms with van der Waals surface area (Å²) < 4.78 is 0. The Balaban J connectivity index is 1.25. The molecule has 2 saturated heterocycles. The van der Waals surface area contributed by atoms with Crippen molar-refractivity contribution in [3.8, 4) is 0 Å². The highest BCUT2D eigenvalue weighted by Gasteiger charge is 2.30. The summed E-state index contributed by atoms with van der Waals surface area (Å²) in [5.74, 6) is 0.823. The number of aromatic nitrogens is 2. The number of nitrogens with one attached hydrogen (secondary N) is 1. The molecule has 0 unspecified atom stereocenters. The minimum atomic E-state index is 0.0387. The van der Waals surface area contributed by atoms with Crippen molar-refractivity contribution in [2.45, 2.75) is 31.7 Å². The van der Waals surface area contributed by atoms with Gasteiger partial charge in [0.1, 0.15) is 5.82 Å². The molecule has 7 nitrogen and oxygen atoms in total. The summed E-state index contributed by atoms with van der Waals surface area (Å²) in [6.45, 7) is 4.28. The normalized spacial score (nSPS) is 19.4. The van der Waals surface area contributed by atoms with E-state index in [0.29, 0.717) is 16.6 Å². The lowest BCUT2D eigenvalue weighted by Crippen LogP contribution is -2.45. The molecule has 29 heavy (non-hydrogen) atoms. The number of halogens is 1. The number of anilines is 3. The molecule has 5 rings (SSSR count). The Morgan fingerprint density at radius 2 is 1.93 bits per heavy atom. The Bertz CT molecular complexity index is 908. The highest BCUT2D eigenvalue weighted by molar-refractivity contribution is 6.33. The van der Waals surface area contributed by atoms with Gasteiger partial charge in [-0.25, -0.2) is 4.98 Å². The molecule has 2 fully saturated rings. The number of piperidine rings is 1. The number of pyridine rings is 2. The van der Waals surface area contributed by atoms with Gasteiger partial charge in [-0.15, -0.1) is 0 Å². The Kier molecular flexibility index (Phi) is 4.91. The predicted molar refractivity (Wildman–Crippen MR) is 115 cm³/mol. The summed E-state index contributed by atoms with van der Waals surface area (Å²) in [6, 6.07) is 4.35. The van der Waals surface area contributed by atoms with Gasteiger partial charge in [0.25, 0.3) is 5.91 Å². The summed E-state index contributed by atoms with van der Waals surface area (Å²) in [4.78, 5) is 27.9. The molecule has 8 heteroatoms. The van der Waals surface area contributed by atoms with Crippen LogP contribution in [0.4, 0.5) is 17.2 Å². The molecular weight excluding hydrogens is 388 g/mol. The molecule has 1 amide bonds. The van der Waals surface area contributed by atoms with Crippen LogP contribution in [0, 0.1) is 0 Å². The van der Waals surface area contributed by atoms with Crippen LogP contribution in [0.15, 0.2) is 30.7 Å². The maximum Gasteiger partial charge on any atom is 0.255 e. The zero-order valence-electron chi connectivity index (χ0n) is 16.4. The van der Waals surface area contributed by atoms with Gasteiger partial charge >= 0.3 is 0 Å². The molecule has 0 atom stereocenters. The average Bonchev–Trinajstić information content (AvgIpc) is 3.44. The second kappa shape index (κ2) is 7.71. The van der Waals surface area contributed by atoms with E-state index >= 15 is 0 Å². The zero-order valence-corrected chi connectivity index (χ0v) is 17.1. The number of rotatable bonds is 3. The van der Waals surface area contributed by atoms with Crippen LogP contribution in [-0.4, -0.2) is 59.7 Å². The molecule has 0 spiro atoms. The molecule has 2 aromatic heterocycles. The number of hydrogen-bond donors (Lipinski definition) is 1. The fourth-order valence-corrected chi connectivity index (χ4v) is 4.91. The minimum Gasteiger partial charge on any atom is -0.365 e. The van der Waals surface area contributed by atoms with Gasteiger partial charge in [0.15, 0.2) is 0 Å². The summed E-state index contributed by atoms with van der Waals surface area (Å²) in [7, 11) is 0. The van der Waals surface area contributed by atoms with Crippen molar-refractivity contribution in [2.24, 2.45) is 0 Å². The summed E-state index contributed by atoms with van der Waals surface area (Å²) >= 11 is 6.54. The van der Waals surface area contributed by atoms with E-state index in [4.69, 9.17) is 11.6 Å². The van der Waals surface area contributed by atoms with Crippen molar-refractivity contribution in [3.05, 3.63) is 41.3 Å². The minimum absolute atomic E-state index is 0.0387. The van der Waals surface area contributed by atoms with Crippen LogP contribution in [0.25, 0.3) is 0 Å². The SMILES string of the molecule is O=C(c1cnc(N2CCC(N3CNc4cnccc43)CC2)c(Cl)c1)N1CCCC1. The molecule has 152 valence electrons. The van der Waals surface area contributed by atoms with Crippen molar-refractivity contribution in [1.82, 2.24) is 14.9 Å². The summed E-state index contributed by atoms with van der Waals surface area (Å²) in [5, 5.41) is 3.98. The Hall–Kier alpha value is -2.54. The third-order valence-corrected chi connectivity index (χ3v) is 6.49. The van der Waals surface area contributed by atoms with E-state index < -0.39 is 0 Å². The molecule has 3 aliphatic rings. The topological polar surface area (TPSA) is 64.6 Å². The third-order valence-electron chi connectivity index (χ3n) is 6.21. The lowest BCUT2D eigenvalue weighted by molar-refractivity contribution is 0.0792.